The summed E-state index contributed by atoms with van der Waals surface area (Å²) in [5.74, 6) is -1.04. The van der Waals surface area contributed by atoms with Gasteiger partial charge in [0.25, 0.3) is 0 Å². The second-order valence-corrected chi connectivity index (χ2v) is 10.6. The summed E-state index contributed by atoms with van der Waals surface area (Å²) in [5.41, 5.74) is 0.924. The Bertz CT molecular complexity index is 327. The van der Waals surface area contributed by atoms with Crippen LogP contribution >= 0.6 is 0 Å². The number of carboxylic acids is 1. The highest BCUT2D eigenvalue weighted by atomic mass is 28.3. The van der Waals surface area contributed by atoms with Gasteiger partial charge in [-0.1, -0.05) is 50.0 Å². The summed E-state index contributed by atoms with van der Waals surface area (Å²) < 4.78 is 0. The highest BCUT2D eigenvalue weighted by Gasteiger charge is 2.26. The molecular formula is C12H18O2Si. The number of rotatable bonds is 4. The van der Waals surface area contributed by atoms with Crippen LogP contribution in [0, 0.1) is 0 Å². The third-order valence-electron chi connectivity index (χ3n) is 2.32. The summed E-state index contributed by atoms with van der Waals surface area (Å²) in [5, 5.41) is 9.21. The lowest BCUT2D eigenvalue weighted by molar-refractivity contribution is -0.138. The van der Waals surface area contributed by atoms with Crippen LogP contribution in [0.25, 0.3) is 0 Å². The molecule has 1 atom stereocenters. The van der Waals surface area contributed by atoms with E-state index < -0.39 is 14.0 Å². The Kier molecular flexibility index (Phi) is 3.69. The topological polar surface area (TPSA) is 37.3 Å². The largest absolute Gasteiger partial charge is 0.481 e. The van der Waals surface area contributed by atoms with E-state index in [4.69, 9.17) is 0 Å². The zero-order chi connectivity index (χ0) is 11.5. The molecule has 1 aromatic carbocycles. The van der Waals surface area contributed by atoms with Gasteiger partial charge < -0.3 is 5.11 Å². The van der Waals surface area contributed by atoms with Gasteiger partial charge in [0.2, 0.25) is 0 Å². The van der Waals surface area contributed by atoms with Crippen LogP contribution in [0.15, 0.2) is 30.3 Å². The van der Waals surface area contributed by atoms with Gasteiger partial charge in [-0.3, -0.25) is 4.79 Å². The van der Waals surface area contributed by atoms with E-state index in [9.17, 15) is 9.90 Å². The van der Waals surface area contributed by atoms with Crippen molar-refractivity contribution in [2.45, 2.75) is 31.6 Å². The van der Waals surface area contributed by atoms with Crippen molar-refractivity contribution in [3.8, 4) is 0 Å². The summed E-state index contributed by atoms with van der Waals surface area (Å²) in [4.78, 5) is 11.2. The summed E-state index contributed by atoms with van der Waals surface area (Å²) in [6.45, 7) is 6.60. The van der Waals surface area contributed by atoms with E-state index >= 15 is 0 Å². The zero-order valence-corrected chi connectivity index (χ0v) is 10.5. The van der Waals surface area contributed by atoms with Gasteiger partial charge in [0.1, 0.15) is 0 Å². The molecule has 82 valence electrons. The molecule has 0 heterocycles. The third-order valence-corrected chi connectivity index (χ3v) is 3.95. The Morgan fingerprint density at radius 1 is 1.27 bits per heavy atom. The monoisotopic (exact) mass is 222 g/mol. The van der Waals surface area contributed by atoms with E-state index in [2.05, 4.69) is 19.6 Å². The molecule has 2 nitrogen and oxygen atoms in total. The van der Waals surface area contributed by atoms with Gasteiger partial charge in [0.15, 0.2) is 0 Å². The number of hydrogen-bond donors (Lipinski definition) is 1. The molecule has 3 heteroatoms. The van der Waals surface area contributed by atoms with Gasteiger partial charge in [0.05, 0.1) is 5.92 Å². The van der Waals surface area contributed by atoms with Crippen LogP contribution in [-0.4, -0.2) is 19.1 Å². The summed E-state index contributed by atoms with van der Waals surface area (Å²) in [6, 6.07) is 10.3. The van der Waals surface area contributed by atoms with Gasteiger partial charge in [-0.05, 0) is 11.6 Å². The fourth-order valence-electron chi connectivity index (χ4n) is 1.65. The lowest BCUT2D eigenvalue weighted by atomic mass is 10.0. The van der Waals surface area contributed by atoms with Crippen LogP contribution in [0.3, 0.4) is 0 Å². The molecule has 0 spiro atoms. The molecule has 0 aliphatic carbocycles. The second-order valence-electron chi connectivity index (χ2n) is 5.07. The average molecular weight is 222 g/mol. The van der Waals surface area contributed by atoms with Crippen molar-refractivity contribution in [2.75, 3.05) is 0 Å². The minimum absolute atomic E-state index is 0.335. The van der Waals surface area contributed by atoms with Crippen LogP contribution in [-0.2, 0) is 4.79 Å². The molecule has 0 radical (unpaired) electrons. The fraction of sp³-hybridized carbons (Fsp3) is 0.417. The number of aliphatic carboxylic acids is 1. The molecule has 1 aromatic rings. The summed E-state index contributed by atoms with van der Waals surface area (Å²) in [7, 11) is -1.35. The number of carbonyl (C=O) groups is 1. The van der Waals surface area contributed by atoms with E-state index in [0.29, 0.717) is 0 Å². The van der Waals surface area contributed by atoms with E-state index in [-0.39, 0.29) is 5.92 Å². The van der Waals surface area contributed by atoms with E-state index in [1.165, 1.54) is 0 Å². The van der Waals surface area contributed by atoms with E-state index in [1.54, 1.807) is 0 Å². The first-order valence-electron chi connectivity index (χ1n) is 5.18. The maximum absolute atomic E-state index is 11.2. The second kappa shape index (κ2) is 4.62. The molecule has 15 heavy (non-hydrogen) atoms. The Hall–Kier alpha value is -1.09. The molecule has 0 saturated carbocycles. The minimum atomic E-state index is -1.35. The number of carboxylic acid groups (broad SMARTS) is 1. The molecule has 1 N–H and O–H groups in total. The smallest absolute Gasteiger partial charge is 0.310 e. The van der Waals surface area contributed by atoms with Gasteiger partial charge >= 0.3 is 5.97 Å². The first-order chi connectivity index (χ1) is 6.90. The van der Waals surface area contributed by atoms with Crippen molar-refractivity contribution in [1.29, 1.82) is 0 Å². The maximum atomic E-state index is 11.2. The van der Waals surface area contributed by atoms with Crippen LogP contribution in [0.2, 0.25) is 25.7 Å². The lowest BCUT2D eigenvalue weighted by Crippen LogP contribution is -2.26. The van der Waals surface area contributed by atoms with Crippen molar-refractivity contribution < 1.29 is 9.90 Å². The Labute approximate surface area is 92.0 Å². The minimum Gasteiger partial charge on any atom is -0.481 e. The van der Waals surface area contributed by atoms with Gasteiger partial charge in [-0.2, -0.15) is 0 Å². The SMILES string of the molecule is C[Si](C)(C)CC(C(=O)O)c1ccccc1. The summed E-state index contributed by atoms with van der Waals surface area (Å²) in [6.07, 6.45) is 0. The first-order valence-corrected chi connectivity index (χ1v) is 8.88. The van der Waals surface area contributed by atoms with Crippen LogP contribution < -0.4 is 0 Å². The predicted octanol–water partition coefficient (Wildman–Crippen LogP) is 3.19. The Morgan fingerprint density at radius 2 is 1.80 bits per heavy atom. The van der Waals surface area contributed by atoms with Crippen LogP contribution in [0.5, 0.6) is 0 Å². The molecule has 0 aliphatic rings. The van der Waals surface area contributed by atoms with Crippen molar-refractivity contribution in [3.05, 3.63) is 35.9 Å². The first kappa shape index (κ1) is 12.0. The molecule has 0 aliphatic heterocycles. The van der Waals surface area contributed by atoms with Gasteiger partial charge in [0, 0.05) is 8.07 Å². The van der Waals surface area contributed by atoms with Crippen molar-refractivity contribution in [3.63, 3.8) is 0 Å². The van der Waals surface area contributed by atoms with E-state index in [1.807, 2.05) is 30.3 Å². The molecule has 1 unspecified atom stereocenters. The van der Waals surface area contributed by atoms with Crippen LogP contribution in [0.4, 0.5) is 0 Å². The molecule has 0 aromatic heterocycles. The van der Waals surface area contributed by atoms with Crippen molar-refractivity contribution >= 4 is 14.0 Å². The predicted molar refractivity (Wildman–Crippen MR) is 65.0 cm³/mol. The average Bonchev–Trinajstić information content (AvgIpc) is 2.14. The molecule has 0 fully saturated rings. The molecular weight excluding hydrogens is 204 g/mol. The fourth-order valence-corrected chi connectivity index (χ4v) is 3.28. The Balaban J connectivity index is 2.90. The highest BCUT2D eigenvalue weighted by Crippen LogP contribution is 2.26. The number of benzene rings is 1. The van der Waals surface area contributed by atoms with Gasteiger partial charge in [-0.15, -0.1) is 0 Å². The third kappa shape index (κ3) is 3.87. The van der Waals surface area contributed by atoms with Crippen molar-refractivity contribution in [1.82, 2.24) is 0 Å². The molecule has 0 bridgehead atoms. The van der Waals surface area contributed by atoms with Crippen LogP contribution in [0.1, 0.15) is 11.5 Å². The Morgan fingerprint density at radius 3 is 2.20 bits per heavy atom. The maximum Gasteiger partial charge on any atom is 0.310 e. The number of hydrogen-bond acceptors (Lipinski definition) is 1. The van der Waals surface area contributed by atoms with E-state index in [0.717, 1.165) is 11.6 Å². The molecule has 0 amide bonds. The molecule has 0 saturated heterocycles. The normalized spacial score (nSPS) is 13.5. The molecule has 1 rings (SSSR count). The lowest BCUT2D eigenvalue weighted by Gasteiger charge is -2.21. The summed E-state index contributed by atoms with van der Waals surface area (Å²) >= 11 is 0. The quantitative estimate of drug-likeness (QED) is 0.794. The van der Waals surface area contributed by atoms with Crippen molar-refractivity contribution in [2.24, 2.45) is 0 Å². The highest BCUT2D eigenvalue weighted by molar-refractivity contribution is 6.76. The zero-order valence-electron chi connectivity index (χ0n) is 9.53. The van der Waals surface area contributed by atoms with Gasteiger partial charge in [-0.25, -0.2) is 0 Å². The standard InChI is InChI=1S/C12H18O2Si/c1-15(2,3)9-11(12(13)14)10-7-5-4-6-8-10/h4-8,11H,9H2,1-3H3,(H,13,14).